The topological polar surface area (TPSA) is 76.0 Å². The van der Waals surface area contributed by atoms with E-state index in [4.69, 9.17) is 9.47 Å². The predicted octanol–water partition coefficient (Wildman–Crippen LogP) is 3.51. The third-order valence-electron chi connectivity index (χ3n) is 4.12. The zero-order valence-electron chi connectivity index (χ0n) is 14.1. The standard InChI is InChI=1S/C19H22O5/c1-13-7-9-14(10-8-13)15(20)11-12-19(23-2,24-3)18-16(21)5-4-6-17(18)22/h4-10,21-22H,11-12H2,1-3H3. The number of methoxy groups -OCH3 is 2. The highest BCUT2D eigenvalue weighted by Gasteiger charge is 2.37. The maximum absolute atomic E-state index is 12.4. The van der Waals surface area contributed by atoms with Crippen LogP contribution in [0.3, 0.4) is 0 Å². The molecular weight excluding hydrogens is 308 g/mol. The molecule has 2 aromatic carbocycles. The normalized spacial score (nSPS) is 11.5. The van der Waals surface area contributed by atoms with Crippen molar-refractivity contribution in [2.75, 3.05) is 14.2 Å². The Labute approximate surface area is 141 Å². The minimum atomic E-state index is -1.41. The van der Waals surface area contributed by atoms with Crippen LogP contribution in [0.5, 0.6) is 11.5 Å². The summed E-state index contributed by atoms with van der Waals surface area (Å²) in [6, 6.07) is 11.7. The van der Waals surface area contributed by atoms with Gasteiger partial charge in [-0.1, -0.05) is 35.9 Å². The van der Waals surface area contributed by atoms with Gasteiger partial charge in [-0.25, -0.2) is 0 Å². The van der Waals surface area contributed by atoms with Crippen LogP contribution in [0.15, 0.2) is 42.5 Å². The van der Waals surface area contributed by atoms with E-state index in [1.54, 1.807) is 12.1 Å². The quantitative estimate of drug-likeness (QED) is 0.600. The molecule has 2 aromatic rings. The van der Waals surface area contributed by atoms with Crippen LogP contribution in [0.25, 0.3) is 0 Å². The van der Waals surface area contributed by atoms with Crippen LogP contribution in [-0.4, -0.2) is 30.2 Å². The first kappa shape index (κ1) is 18.0. The summed E-state index contributed by atoms with van der Waals surface area (Å²) in [6.07, 6.45) is 0.288. The van der Waals surface area contributed by atoms with E-state index in [0.717, 1.165) is 5.56 Å². The number of carbonyl (C=O) groups is 1. The summed E-state index contributed by atoms with van der Waals surface area (Å²) in [6.45, 7) is 1.95. The lowest BCUT2D eigenvalue weighted by atomic mass is 9.95. The summed E-state index contributed by atoms with van der Waals surface area (Å²) in [5.74, 6) is -1.78. The van der Waals surface area contributed by atoms with Gasteiger partial charge in [0, 0.05) is 32.6 Å². The van der Waals surface area contributed by atoms with Crippen LogP contribution >= 0.6 is 0 Å². The summed E-state index contributed by atoms with van der Waals surface area (Å²) in [5.41, 5.74) is 1.80. The molecular formula is C19H22O5. The number of ether oxygens (including phenoxy) is 2. The minimum Gasteiger partial charge on any atom is -0.507 e. The Kier molecular flexibility index (Phi) is 5.59. The molecule has 0 atom stereocenters. The monoisotopic (exact) mass is 330 g/mol. The average Bonchev–Trinajstić information content (AvgIpc) is 2.58. The number of carbonyl (C=O) groups excluding carboxylic acids is 1. The lowest BCUT2D eigenvalue weighted by Gasteiger charge is -2.32. The second-order valence-corrected chi connectivity index (χ2v) is 5.62. The van der Waals surface area contributed by atoms with Gasteiger partial charge in [-0.3, -0.25) is 4.79 Å². The predicted molar refractivity (Wildman–Crippen MR) is 90.2 cm³/mol. The zero-order chi connectivity index (χ0) is 17.7. The van der Waals surface area contributed by atoms with Gasteiger partial charge in [0.05, 0.1) is 5.56 Å². The Bertz CT molecular complexity index is 682. The molecule has 0 saturated heterocycles. The van der Waals surface area contributed by atoms with Crippen LogP contribution in [-0.2, 0) is 15.3 Å². The van der Waals surface area contributed by atoms with Crippen LogP contribution < -0.4 is 0 Å². The summed E-state index contributed by atoms with van der Waals surface area (Å²) >= 11 is 0. The van der Waals surface area contributed by atoms with Crippen molar-refractivity contribution in [1.29, 1.82) is 0 Å². The molecule has 0 unspecified atom stereocenters. The lowest BCUT2D eigenvalue weighted by Crippen LogP contribution is -2.32. The fraction of sp³-hybridized carbons (Fsp3) is 0.316. The fourth-order valence-electron chi connectivity index (χ4n) is 2.70. The van der Waals surface area contributed by atoms with E-state index in [2.05, 4.69) is 0 Å². The molecule has 2 rings (SSSR count). The Morgan fingerprint density at radius 3 is 2.04 bits per heavy atom. The number of aryl methyl sites for hydroxylation is 1. The van der Waals surface area contributed by atoms with Crippen LogP contribution in [0, 0.1) is 6.92 Å². The highest BCUT2D eigenvalue weighted by molar-refractivity contribution is 5.96. The average molecular weight is 330 g/mol. The Morgan fingerprint density at radius 1 is 1.00 bits per heavy atom. The van der Waals surface area contributed by atoms with Crippen molar-refractivity contribution in [3.63, 3.8) is 0 Å². The molecule has 0 aliphatic heterocycles. The maximum Gasteiger partial charge on any atom is 0.201 e. The molecule has 128 valence electrons. The van der Waals surface area contributed by atoms with E-state index in [1.807, 2.05) is 19.1 Å². The summed E-state index contributed by atoms with van der Waals surface area (Å²) in [5, 5.41) is 20.2. The van der Waals surface area contributed by atoms with E-state index < -0.39 is 5.79 Å². The number of phenolic OH excluding ortho intramolecular Hbond substituents is 2. The second kappa shape index (κ2) is 7.47. The van der Waals surface area contributed by atoms with E-state index in [0.29, 0.717) is 5.56 Å². The molecule has 0 radical (unpaired) electrons. The van der Waals surface area contributed by atoms with Crippen molar-refractivity contribution in [2.24, 2.45) is 0 Å². The van der Waals surface area contributed by atoms with Crippen LogP contribution in [0.2, 0.25) is 0 Å². The summed E-state index contributed by atoms with van der Waals surface area (Å²) < 4.78 is 10.9. The largest absolute Gasteiger partial charge is 0.507 e. The highest BCUT2D eigenvalue weighted by atomic mass is 16.7. The fourth-order valence-corrected chi connectivity index (χ4v) is 2.70. The van der Waals surface area contributed by atoms with E-state index in [1.165, 1.54) is 32.4 Å². The number of phenols is 2. The zero-order valence-corrected chi connectivity index (χ0v) is 14.1. The summed E-state index contributed by atoms with van der Waals surface area (Å²) in [7, 11) is 2.82. The Hall–Kier alpha value is -2.37. The molecule has 24 heavy (non-hydrogen) atoms. The molecule has 0 aliphatic carbocycles. The first-order valence-corrected chi connectivity index (χ1v) is 7.65. The second-order valence-electron chi connectivity index (χ2n) is 5.62. The maximum atomic E-state index is 12.4. The minimum absolute atomic E-state index is 0.0663. The molecule has 5 nitrogen and oxygen atoms in total. The van der Waals surface area contributed by atoms with E-state index in [9.17, 15) is 15.0 Å². The van der Waals surface area contributed by atoms with Crippen molar-refractivity contribution >= 4 is 5.78 Å². The Morgan fingerprint density at radius 2 is 1.54 bits per heavy atom. The SMILES string of the molecule is COC(CCC(=O)c1ccc(C)cc1)(OC)c1c(O)cccc1O. The van der Waals surface area contributed by atoms with Crippen molar-refractivity contribution in [1.82, 2.24) is 0 Å². The number of aromatic hydroxyl groups is 2. The number of hydrogen-bond acceptors (Lipinski definition) is 5. The number of benzene rings is 2. The van der Waals surface area contributed by atoms with Gasteiger partial charge in [0.1, 0.15) is 11.5 Å². The van der Waals surface area contributed by atoms with Gasteiger partial charge in [0.2, 0.25) is 5.79 Å². The molecule has 0 bridgehead atoms. The van der Waals surface area contributed by atoms with E-state index in [-0.39, 0.29) is 35.7 Å². The van der Waals surface area contributed by atoms with Crippen LogP contribution in [0.1, 0.15) is 34.3 Å². The number of ketones is 1. The number of rotatable bonds is 7. The molecule has 0 spiro atoms. The van der Waals surface area contributed by atoms with Gasteiger partial charge < -0.3 is 19.7 Å². The highest BCUT2D eigenvalue weighted by Crippen LogP contribution is 2.42. The molecule has 0 fully saturated rings. The Balaban J connectivity index is 2.25. The lowest BCUT2D eigenvalue weighted by molar-refractivity contribution is -0.220. The number of Topliss-reactive ketones (excluding diaryl/α,β-unsaturated/α-hetero) is 1. The molecule has 0 aromatic heterocycles. The van der Waals surface area contributed by atoms with Gasteiger partial charge in [-0.15, -0.1) is 0 Å². The molecule has 5 heteroatoms. The molecule has 2 N–H and O–H groups in total. The number of hydrogen-bond donors (Lipinski definition) is 2. The third kappa shape index (κ3) is 3.58. The van der Waals surface area contributed by atoms with E-state index >= 15 is 0 Å². The van der Waals surface area contributed by atoms with Crippen molar-refractivity contribution < 1.29 is 24.5 Å². The van der Waals surface area contributed by atoms with Gasteiger partial charge in [-0.05, 0) is 19.1 Å². The van der Waals surface area contributed by atoms with Crippen LogP contribution in [0.4, 0.5) is 0 Å². The van der Waals surface area contributed by atoms with Gasteiger partial charge in [-0.2, -0.15) is 0 Å². The molecule has 0 aliphatic rings. The summed E-state index contributed by atoms with van der Waals surface area (Å²) in [4.78, 5) is 12.4. The molecule has 0 saturated carbocycles. The van der Waals surface area contributed by atoms with Crippen molar-refractivity contribution in [2.45, 2.75) is 25.6 Å². The smallest absolute Gasteiger partial charge is 0.201 e. The first-order valence-electron chi connectivity index (χ1n) is 7.65. The molecule has 0 heterocycles. The first-order chi connectivity index (χ1) is 11.4. The van der Waals surface area contributed by atoms with Crippen molar-refractivity contribution in [3.8, 4) is 11.5 Å². The van der Waals surface area contributed by atoms with Gasteiger partial charge in [0.25, 0.3) is 0 Å². The van der Waals surface area contributed by atoms with Gasteiger partial charge in [0.15, 0.2) is 5.78 Å². The molecule has 0 amide bonds. The van der Waals surface area contributed by atoms with Crippen molar-refractivity contribution in [3.05, 3.63) is 59.2 Å². The van der Waals surface area contributed by atoms with Gasteiger partial charge >= 0.3 is 0 Å². The third-order valence-corrected chi connectivity index (χ3v) is 4.12.